The van der Waals surface area contributed by atoms with Gasteiger partial charge in [0.1, 0.15) is 0 Å². The molecule has 2 saturated heterocycles. The number of hydrogen-bond acceptors (Lipinski definition) is 3. The molecule has 0 aromatic rings. The van der Waals surface area contributed by atoms with Gasteiger partial charge in [-0.25, -0.2) is 0 Å². The lowest BCUT2D eigenvalue weighted by molar-refractivity contribution is 0.0487. The molecule has 2 aliphatic heterocycles. The molecule has 3 heteroatoms. The fourth-order valence-corrected chi connectivity index (χ4v) is 3.00. The summed E-state index contributed by atoms with van der Waals surface area (Å²) in [4.78, 5) is 5.31. The van der Waals surface area contributed by atoms with Crippen LogP contribution in [0.2, 0.25) is 0 Å². The van der Waals surface area contributed by atoms with Crippen molar-refractivity contribution in [2.24, 2.45) is 0 Å². The lowest BCUT2D eigenvalue weighted by Crippen LogP contribution is -2.56. The van der Waals surface area contributed by atoms with Crippen molar-refractivity contribution in [2.75, 3.05) is 39.3 Å². The monoisotopic (exact) mass is 211 g/mol. The Morgan fingerprint density at radius 3 is 2.53 bits per heavy atom. The Morgan fingerprint density at radius 1 is 1.20 bits per heavy atom. The molecule has 0 radical (unpaired) electrons. The van der Waals surface area contributed by atoms with Crippen molar-refractivity contribution in [1.29, 1.82) is 0 Å². The van der Waals surface area contributed by atoms with E-state index in [9.17, 15) is 0 Å². The average Bonchev–Trinajstić information content (AvgIpc) is 2.30. The average molecular weight is 211 g/mol. The van der Waals surface area contributed by atoms with E-state index < -0.39 is 0 Å². The van der Waals surface area contributed by atoms with Crippen LogP contribution in [-0.2, 0) is 0 Å². The second-order valence-electron chi connectivity index (χ2n) is 4.95. The standard InChI is InChI=1S/C12H25N3/c1-3-14-8-9-15(10-11(14)2)12-4-6-13-7-5-12/h11-13H,3-10H2,1-2H3. The molecule has 88 valence electrons. The molecule has 0 aromatic carbocycles. The first kappa shape index (κ1) is 11.4. The molecular weight excluding hydrogens is 186 g/mol. The van der Waals surface area contributed by atoms with Crippen molar-refractivity contribution in [3.8, 4) is 0 Å². The summed E-state index contributed by atoms with van der Waals surface area (Å²) in [6.07, 6.45) is 2.69. The van der Waals surface area contributed by atoms with Crippen molar-refractivity contribution >= 4 is 0 Å². The Morgan fingerprint density at radius 2 is 1.93 bits per heavy atom. The van der Waals surface area contributed by atoms with Crippen molar-refractivity contribution < 1.29 is 0 Å². The van der Waals surface area contributed by atoms with Gasteiger partial charge < -0.3 is 5.32 Å². The summed E-state index contributed by atoms with van der Waals surface area (Å²) in [5.74, 6) is 0. The van der Waals surface area contributed by atoms with Gasteiger partial charge in [0, 0.05) is 31.7 Å². The van der Waals surface area contributed by atoms with Crippen LogP contribution in [0.25, 0.3) is 0 Å². The van der Waals surface area contributed by atoms with E-state index in [2.05, 4.69) is 29.0 Å². The lowest BCUT2D eigenvalue weighted by Gasteiger charge is -2.44. The largest absolute Gasteiger partial charge is 0.317 e. The molecule has 2 heterocycles. The van der Waals surface area contributed by atoms with Gasteiger partial charge >= 0.3 is 0 Å². The van der Waals surface area contributed by atoms with Crippen molar-refractivity contribution in [3.63, 3.8) is 0 Å². The minimum atomic E-state index is 0.749. The van der Waals surface area contributed by atoms with Gasteiger partial charge in [-0.1, -0.05) is 6.92 Å². The highest BCUT2D eigenvalue weighted by Gasteiger charge is 2.27. The number of nitrogens with zero attached hydrogens (tertiary/aromatic N) is 2. The minimum absolute atomic E-state index is 0.749. The number of hydrogen-bond donors (Lipinski definition) is 1. The molecule has 0 aromatic heterocycles. The molecule has 2 fully saturated rings. The molecule has 0 aliphatic carbocycles. The Labute approximate surface area is 93.8 Å². The third-order valence-electron chi connectivity index (χ3n) is 4.03. The normalized spacial score (nSPS) is 32.0. The van der Waals surface area contributed by atoms with Crippen LogP contribution in [0, 0.1) is 0 Å². The highest BCUT2D eigenvalue weighted by atomic mass is 15.3. The first-order valence-corrected chi connectivity index (χ1v) is 6.50. The van der Waals surface area contributed by atoms with Gasteiger partial charge in [-0.05, 0) is 39.4 Å². The van der Waals surface area contributed by atoms with Gasteiger partial charge in [0.25, 0.3) is 0 Å². The molecule has 15 heavy (non-hydrogen) atoms. The highest BCUT2D eigenvalue weighted by molar-refractivity contribution is 4.85. The number of nitrogens with one attached hydrogen (secondary N) is 1. The fraction of sp³-hybridized carbons (Fsp3) is 1.00. The molecular formula is C12H25N3. The number of rotatable bonds is 2. The summed E-state index contributed by atoms with van der Waals surface area (Å²) in [5.41, 5.74) is 0. The minimum Gasteiger partial charge on any atom is -0.317 e. The number of piperidine rings is 1. The van der Waals surface area contributed by atoms with E-state index in [0.717, 1.165) is 12.1 Å². The zero-order valence-corrected chi connectivity index (χ0v) is 10.2. The van der Waals surface area contributed by atoms with Gasteiger partial charge in [0.05, 0.1) is 0 Å². The van der Waals surface area contributed by atoms with Crippen LogP contribution >= 0.6 is 0 Å². The van der Waals surface area contributed by atoms with Crippen molar-refractivity contribution in [2.45, 2.75) is 38.8 Å². The predicted molar refractivity (Wildman–Crippen MR) is 64.2 cm³/mol. The summed E-state index contributed by atoms with van der Waals surface area (Å²) < 4.78 is 0. The summed E-state index contributed by atoms with van der Waals surface area (Å²) >= 11 is 0. The first-order valence-electron chi connectivity index (χ1n) is 6.50. The summed E-state index contributed by atoms with van der Waals surface area (Å²) in [5, 5.41) is 3.45. The maximum absolute atomic E-state index is 3.45. The van der Waals surface area contributed by atoms with Crippen molar-refractivity contribution in [3.05, 3.63) is 0 Å². The molecule has 0 saturated carbocycles. The Balaban J connectivity index is 1.84. The van der Waals surface area contributed by atoms with Gasteiger partial charge in [0.2, 0.25) is 0 Å². The van der Waals surface area contributed by atoms with E-state index in [1.165, 1.54) is 52.1 Å². The second kappa shape index (κ2) is 5.28. The van der Waals surface area contributed by atoms with Gasteiger partial charge in [0.15, 0.2) is 0 Å². The molecule has 2 aliphatic rings. The van der Waals surface area contributed by atoms with Crippen molar-refractivity contribution in [1.82, 2.24) is 15.1 Å². The van der Waals surface area contributed by atoms with Gasteiger partial charge in [-0.15, -0.1) is 0 Å². The Kier molecular flexibility index (Phi) is 4.00. The Hall–Kier alpha value is -0.120. The molecule has 0 bridgehead atoms. The topological polar surface area (TPSA) is 18.5 Å². The highest BCUT2D eigenvalue weighted by Crippen LogP contribution is 2.17. The third kappa shape index (κ3) is 2.71. The van der Waals surface area contributed by atoms with Gasteiger partial charge in [-0.2, -0.15) is 0 Å². The van der Waals surface area contributed by atoms with Crippen LogP contribution in [0.5, 0.6) is 0 Å². The lowest BCUT2D eigenvalue weighted by atomic mass is 10.0. The van der Waals surface area contributed by atoms with Crippen LogP contribution in [-0.4, -0.2) is 61.2 Å². The van der Waals surface area contributed by atoms with E-state index in [1.54, 1.807) is 0 Å². The second-order valence-corrected chi connectivity index (χ2v) is 4.95. The quantitative estimate of drug-likeness (QED) is 0.728. The maximum Gasteiger partial charge on any atom is 0.0195 e. The number of likely N-dealkylation sites (N-methyl/N-ethyl adjacent to an activating group) is 1. The smallest absolute Gasteiger partial charge is 0.0195 e. The zero-order chi connectivity index (χ0) is 10.7. The van der Waals surface area contributed by atoms with E-state index in [1.807, 2.05) is 0 Å². The SMILES string of the molecule is CCN1CCN(C2CCNCC2)CC1C. The molecule has 1 atom stereocenters. The van der Waals surface area contributed by atoms with Crippen LogP contribution in [0.15, 0.2) is 0 Å². The number of piperazine rings is 1. The fourth-order valence-electron chi connectivity index (χ4n) is 3.00. The van der Waals surface area contributed by atoms with E-state index in [-0.39, 0.29) is 0 Å². The Bertz CT molecular complexity index is 189. The summed E-state index contributed by atoms with van der Waals surface area (Å²) in [7, 11) is 0. The van der Waals surface area contributed by atoms with E-state index >= 15 is 0 Å². The molecule has 3 nitrogen and oxygen atoms in total. The van der Waals surface area contributed by atoms with Crippen LogP contribution in [0.1, 0.15) is 26.7 Å². The van der Waals surface area contributed by atoms with Crippen LogP contribution in [0.3, 0.4) is 0 Å². The van der Waals surface area contributed by atoms with E-state index in [4.69, 9.17) is 0 Å². The van der Waals surface area contributed by atoms with Crippen LogP contribution in [0.4, 0.5) is 0 Å². The molecule has 0 amide bonds. The van der Waals surface area contributed by atoms with E-state index in [0.29, 0.717) is 0 Å². The molecule has 2 rings (SSSR count). The molecule has 1 unspecified atom stereocenters. The molecule has 1 N–H and O–H groups in total. The van der Waals surface area contributed by atoms with Gasteiger partial charge in [-0.3, -0.25) is 9.80 Å². The molecule has 0 spiro atoms. The zero-order valence-electron chi connectivity index (χ0n) is 10.2. The predicted octanol–water partition coefficient (Wildman–Crippen LogP) is 0.764. The maximum atomic E-state index is 3.45. The third-order valence-corrected chi connectivity index (χ3v) is 4.03. The van der Waals surface area contributed by atoms with Crippen LogP contribution < -0.4 is 5.32 Å². The first-order chi connectivity index (χ1) is 7.31. The summed E-state index contributed by atoms with van der Waals surface area (Å²) in [6.45, 7) is 12.1. The summed E-state index contributed by atoms with van der Waals surface area (Å²) in [6, 6.07) is 1.60.